The van der Waals surface area contributed by atoms with E-state index in [1.165, 1.54) is 32.1 Å². The number of anilines is 1. The van der Waals surface area contributed by atoms with Crippen LogP contribution in [0.2, 0.25) is 0 Å². The number of hydrogen-bond acceptors (Lipinski definition) is 6. The van der Waals surface area contributed by atoms with E-state index in [-0.39, 0.29) is 17.9 Å². The Balaban J connectivity index is 0.00000182. The largest absolute Gasteiger partial charge is 0.357 e. The smallest absolute Gasteiger partial charge is 0.246 e. The van der Waals surface area contributed by atoms with Gasteiger partial charge < -0.3 is 14.7 Å². The van der Waals surface area contributed by atoms with Crippen molar-refractivity contribution in [2.24, 2.45) is 0 Å². The second-order valence-electron chi connectivity index (χ2n) is 7.09. The average Bonchev–Trinajstić information content (AvgIpc) is 3.14. The van der Waals surface area contributed by atoms with Crippen molar-refractivity contribution in [1.29, 1.82) is 0 Å². The van der Waals surface area contributed by atoms with Gasteiger partial charge in [0.25, 0.3) is 0 Å². The zero-order chi connectivity index (χ0) is 16.4. The van der Waals surface area contributed by atoms with Crippen LogP contribution in [0.1, 0.15) is 51.3 Å². The Bertz CT molecular complexity index is 675. The van der Waals surface area contributed by atoms with E-state index in [0.717, 1.165) is 37.4 Å². The third kappa shape index (κ3) is 3.80. The molecule has 4 heterocycles. The molecule has 0 saturated carbocycles. The molecule has 136 valence electrons. The highest BCUT2D eigenvalue weighted by Crippen LogP contribution is 2.30. The zero-order valence-electron chi connectivity index (χ0n) is 14.7. The fourth-order valence-corrected chi connectivity index (χ4v) is 3.63. The van der Waals surface area contributed by atoms with E-state index in [9.17, 15) is 0 Å². The van der Waals surface area contributed by atoms with Crippen LogP contribution < -0.4 is 10.2 Å². The van der Waals surface area contributed by atoms with Gasteiger partial charge in [0.05, 0.1) is 5.54 Å². The van der Waals surface area contributed by atoms with Crippen LogP contribution in [0.4, 0.5) is 5.82 Å². The van der Waals surface area contributed by atoms with E-state index < -0.39 is 0 Å². The molecule has 6 nitrogen and oxygen atoms in total. The first-order valence-electron chi connectivity index (χ1n) is 9.05. The summed E-state index contributed by atoms with van der Waals surface area (Å²) >= 11 is 0. The number of nitrogens with zero attached hydrogens (tertiary/aromatic N) is 4. The summed E-state index contributed by atoms with van der Waals surface area (Å²) < 4.78 is 5.55. The number of hydrogen-bond donors (Lipinski definition) is 1. The first-order valence-corrected chi connectivity index (χ1v) is 9.05. The van der Waals surface area contributed by atoms with Gasteiger partial charge in [-0.15, -0.1) is 12.4 Å². The number of piperidine rings is 2. The van der Waals surface area contributed by atoms with E-state index in [4.69, 9.17) is 4.52 Å². The van der Waals surface area contributed by atoms with Gasteiger partial charge in [-0.25, -0.2) is 4.98 Å². The summed E-state index contributed by atoms with van der Waals surface area (Å²) in [7, 11) is 0. The molecule has 7 heteroatoms. The summed E-state index contributed by atoms with van der Waals surface area (Å²) in [6.07, 6.45) is 9.11. The summed E-state index contributed by atoms with van der Waals surface area (Å²) in [5, 5.41) is 7.68. The lowest BCUT2D eigenvalue weighted by Gasteiger charge is -2.31. The molecule has 2 aliphatic heterocycles. The molecule has 0 bridgehead atoms. The van der Waals surface area contributed by atoms with E-state index >= 15 is 0 Å². The Hall–Kier alpha value is -1.66. The third-order valence-corrected chi connectivity index (χ3v) is 5.20. The summed E-state index contributed by atoms with van der Waals surface area (Å²) in [5.74, 6) is 2.34. The van der Waals surface area contributed by atoms with Crippen LogP contribution in [-0.4, -0.2) is 34.8 Å². The fourth-order valence-electron chi connectivity index (χ4n) is 3.63. The zero-order valence-corrected chi connectivity index (χ0v) is 15.5. The SMILES string of the molecule is CC1(c2nc(-c3ccc(N4CCCCC4)nc3)no2)CCCCN1.Cl. The van der Waals surface area contributed by atoms with Crippen LogP contribution in [0, 0.1) is 0 Å². The number of nitrogens with one attached hydrogen (secondary N) is 1. The molecule has 1 atom stereocenters. The Kier molecular flexibility index (Phi) is 5.59. The van der Waals surface area contributed by atoms with Crippen molar-refractivity contribution >= 4 is 18.2 Å². The molecule has 25 heavy (non-hydrogen) atoms. The van der Waals surface area contributed by atoms with Gasteiger partial charge in [-0.05, 0) is 64.1 Å². The minimum atomic E-state index is -0.204. The van der Waals surface area contributed by atoms with Crippen LogP contribution >= 0.6 is 12.4 Å². The first kappa shape index (κ1) is 18.1. The number of halogens is 1. The van der Waals surface area contributed by atoms with E-state index in [1.54, 1.807) is 0 Å². The Morgan fingerprint density at radius 1 is 1.12 bits per heavy atom. The van der Waals surface area contributed by atoms with Crippen LogP contribution in [-0.2, 0) is 5.54 Å². The van der Waals surface area contributed by atoms with E-state index in [1.807, 2.05) is 12.3 Å². The summed E-state index contributed by atoms with van der Waals surface area (Å²) in [6.45, 7) is 5.34. The van der Waals surface area contributed by atoms with Gasteiger partial charge >= 0.3 is 0 Å². The van der Waals surface area contributed by atoms with Crippen molar-refractivity contribution in [3.63, 3.8) is 0 Å². The predicted molar refractivity (Wildman–Crippen MR) is 100 cm³/mol. The Morgan fingerprint density at radius 2 is 1.96 bits per heavy atom. The minimum absolute atomic E-state index is 0. The maximum Gasteiger partial charge on any atom is 0.246 e. The van der Waals surface area contributed by atoms with Gasteiger partial charge in [0.1, 0.15) is 5.82 Å². The van der Waals surface area contributed by atoms with Gasteiger partial charge in [-0.2, -0.15) is 4.98 Å². The molecule has 1 unspecified atom stereocenters. The lowest BCUT2D eigenvalue weighted by Crippen LogP contribution is -2.43. The molecular formula is C18H26ClN5O. The summed E-state index contributed by atoms with van der Waals surface area (Å²) in [5.41, 5.74) is 0.704. The van der Waals surface area contributed by atoms with Crippen molar-refractivity contribution in [2.75, 3.05) is 24.5 Å². The quantitative estimate of drug-likeness (QED) is 0.899. The monoisotopic (exact) mass is 363 g/mol. The first-order chi connectivity index (χ1) is 11.7. The number of rotatable bonds is 3. The van der Waals surface area contributed by atoms with Crippen LogP contribution in [0.15, 0.2) is 22.9 Å². The van der Waals surface area contributed by atoms with Gasteiger partial charge in [-0.3, -0.25) is 0 Å². The van der Waals surface area contributed by atoms with Gasteiger partial charge in [0, 0.05) is 24.8 Å². The standard InChI is InChI=1S/C18H25N5O.ClH/c1-18(9-3-4-10-20-18)17-21-16(22-24-17)14-7-8-15(19-13-14)23-11-5-2-6-12-23;/h7-8,13,20H,2-6,9-12H2,1H3;1H. The molecule has 2 aliphatic rings. The second kappa shape index (κ2) is 7.70. The van der Waals surface area contributed by atoms with Crippen molar-refractivity contribution in [1.82, 2.24) is 20.4 Å². The third-order valence-electron chi connectivity index (χ3n) is 5.20. The molecular weight excluding hydrogens is 338 g/mol. The molecule has 2 saturated heterocycles. The Labute approximate surface area is 154 Å². The molecule has 0 aromatic carbocycles. The molecule has 4 rings (SSSR count). The summed E-state index contributed by atoms with van der Waals surface area (Å²) in [6, 6.07) is 4.11. The van der Waals surface area contributed by atoms with E-state index in [0.29, 0.717) is 11.7 Å². The normalized spacial score (nSPS) is 24.0. The second-order valence-corrected chi connectivity index (χ2v) is 7.09. The topological polar surface area (TPSA) is 67.1 Å². The molecule has 0 spiro atoms. The molecule has 0 radical (unpaired) electrons. The molecule has 0 aliphatic carbocycles. The van der Waals surface area contributed by atoms with Gasteiger partial charge in [0.2, 0.25) is 11.7 Å². The lowest BCUT2D eigenvalue weighted by molar-refractivity contribution is 0.207. The van der Waals surface area contributed by atoms with Crippen LogP contribution in [0.5, 0.6) is 0 Å². The van der Waals surface area contributed by atoms with Crippen LogP contribution in [0.3, 0.4) is 0 Å². The lowest BCUT2D eigenvalue weighted by atomic mass is 9.91. The highest BCUT2D eigenvalue weighted by molar-refractivity contribution is 5.85. The van der Waals surface area contributed by atoms with Crippen molar-refractivity contribution in [3.05, 3.63) is 24.2 Å². The van der Waals surface area contributed by atoms with Gasteiger partial charge in [0.15, 0.2) is 0 Å². The predicted octanol–water partition coefficient (Wildman–Crippen LogP) is 3.53. The molecule has 2 fully saturated rings. The van der Waals surface area contributed by atoms with Crippen molar-refractivity contribution in [3.8, 4) is 11.4 Å². The van der Waals surface area contributed by atoms with Crippen molar-refractivity contribution < 1.29 is 4.52 Å². The average molecular weight is 364 g/mol. The highest BCUT2D eigenvalue weighted by Gasteiger charge is 2.34. The highest BCUT2D eigenvalue weighted by atomic mass is 35.5. The molecule has 2 aromatic rings. The number of pyridine rings is 1. The molecule has 0 amide bonds. The van der Waals surface area contributed by atoms with Crippen molar-refractivity contribution in [2.45, 2.75) is 51.0 Å². The Morgan fingerprint density at radius 3 is 2.64 bits per heavy atom. The number of aromatic nitrogens is 3. The maximum atomic E-state index is 5.55. The minimum Gasteiger partial charge on any atom is -0.357 e. The summed E-state index contributed by atoms with van der Waals surface area (Å²) in [4.78, 5) is 11.6. The maximum absolute atomic E-state index is 5.55. The molecule has 2 aromatic heterocycles. The molecule has 1 N–H and O–H groups in total. The van der Waals surface area contributed by atoms with Gasteiger partial charge in [-0.1, -0.05) is 5.16 Å². The van der Waals surface area contributed by atoms with E-state index in [2.05, 4.69) is 38.3 Å². The van der Waals surface area contributed by atoms with Crippen LogP contribution in [0.25, 0.3) is 11.4 Å². The fraction of sp³-hybridized carbons (Fsp3) is 0.611.